The summed E-state index contributed by atoms with van der Waals surface area (Å²) >= 11 is 0. The molecule has 0 unspecified atom stereocenters. The van der Waals surface area contributed by atoms with Crippen molar-refractivity contribution in [1.82, 2.24) is 19.9 Å². The van der Waals surface area contributed by atoms with Crippen LogP contribution in [-0.2, 0) is 11.7 Å². The quantitative estimate of drug-likeness (QED) is 0.672. The molecule has 1 aliphatic carbocycles. The fourth-order valence-corrected chi connectivity index (χ4v) is 2.87. The SMILES string of the molecule is Cl.NC1(c2noc(-c3cnn(-c4ccc(F)cc4)c3C(F)(F)F)n2)CCC1. The fraction of sp³-hybridized carbons (Fsp3) is 0.312. The van der Waals surface area contributed by atoms with E-state index in [1.165, 1.54) is 12.1 Å². The monoisotopic (exact) mass is 403 g/mol. The Morgan fingerprint density at radius 3 is 2.37 bits per heavy atom. The van der Waals surface area contributed by atoms with E-state index in [0.717, 1.165) is 24.8 Å². The molecule has 3 aromatic rings. The van der Waals surface area contributed by atoms with Crippen LogP contribution in [0.4, 0.5) is 17.6 Å². The Bertz CT molecular complexity index is 947. The number of rotatable bonds is 3. The van der Waals surface area contributed by atoms with E-state index >= 15 is 0 Å². The zero-order valence-electron chi connectivity index (χ0n) is 13.7. The maximum absolute atomic E-state index is 13.7. The Morgan fingerprint density at radius 2 is 1.81 bits per heavy atom. The second-order valence-corrected chi connectivity index (χ2v) is 6.23. The minimum absolute atomic E-state index is 0. The second-order valence-electron chi connectivity index (χ2n) is 6.23. The molecule has 4 rings (SSSR count). The molecule has 11 heteroatoms. The third-order valence-electron chi connectivity index (χ3n) is 4.46. The van der Waals surface area contributed by atoms with Crippen molar-refractivity contribution >= 4 is 12.4 Å². The van der Waals surface area contributed by atoms with Crippen LogP contribution in [0.25, 0.3) is 17.1 Å². The normalized spacial score (nSPS) is 15.9. The first-order valence-electron chi connectivity index (χ1n) is 7.82. The van der Waals surface area contributed by atoms with E-state index in [1.807, 2.05) is 0 Å². The number of benzene rings is 1. The molecule has 2 heterocycles. The van der Waals surface area contributed by atoms with Crippen molar-refractivity contribution in [3.05, 3.63) is 47.8 Å². The van der Waals surface area contributed by atoms with Crippen molar-refractivity contribution in [2.75, 3.05) is 0 Å². The van der Waals surface area contributed by atoms with Gasteiger partial charge < -0.3 is 10.3 Å². The zero-order chi connectivity index (χ0) is 18.5. The first kappa shape index (κ1) is 19.3. The molecular weight excluding hydrogens is 390 g/mol. The highest BCUT2D eigenvalue weighted by atomic mass is 35.5. The molecule has 1 fully saturated rings. The summed E-state index contributed by atoms with van der Waals surface area (Å²) in [5.74, 6) is -0.691. The lowest BCUT2D eigenvalue weighted by Crippen LogP contribution is -2.44. The number of hydrogen-bond acceptors (Lipinski definition) is 5. The van der Waals surface area contributed by atoms with Gasteiger partial charge in [-0.1, -0.05) is 5.16 Å². The van der Waals surface area contributed by atoms with E-state index in [2.05, 4.69) is 15.2 Å². The molecule has 0 aliphatic heterocycles. The van der Waals surface area contributed by atoms with Crippen molar-refractivity contribution < 1.29 is 22.1 Å². The Kier molecular flexibility index (Phi) is 4.73. The third kappa shape index (κ3) is 3.30. The van der Waals surface area contributed by atoms with Gasteiger partial charge in [0.1, 0.15) is 5.82 Å². The van der Waals surface area contributed by atoms with Crippen LogP contribution in [0.5, 0.6) is 0 Å². The van der Waals surface area contributed by atoms with Crippen LogP contribution in [0.1, 0.15) is 30.8 Å². The van der Waals surface area contributed by atoms with E-state index in [1.54, 1.807) is 0 Å². The summed E-state index contributed by atoms with van der Waals surface area (Å²) in [5, 5.41) is 7.52. The van der Waals surface area contributed by atoms with Gasteiger partial charge in [0, 0.05) is 0 Å². The van der Waals surface area contributed by atoms with Gasteiger partial charge in [0.2, 0.25) is 0 Å². The van der Waals surface area contributed by atoms with E-state index in [-0.39, 0.29) is 35.4 Å². The Labute approximate surface area is 156 Å². The molecule has 0 amide bonds. The van der Waals surface area contributed by atoms with Crippen molar-refractivity contribution in [3.63, 3.8) is 0 Å². The first-order valence-corrected chi connectivity index (χ1v) is 7.82. The molecular formula is C16H14ClF4N5O. The van der Waals surface area contributed by atoms with Gasteiger partial charge in [0.05, 0.1) is 23.0 Å². The lowest BCUT2D eigenvalue weighted by Gasteiger charge is -2.34. The topological polar surface area (TPSA) is 82.8 Å². The molecule has 27 heavy (non-hydrogen) atoms. The fourth-order valence-electron chi connectivity index (χ4n) is 2.87. The van der Waals surface area contributed by atoms with Gasteiger partial charge >= 0.3 is 6.18 Å². The van der Waals surface area contributed by atoms with Crippen LogP contribution in [0.15, 0.2) is 35.0 Å². The first-order chi connectivity index (χ1) is 12.3. The molecule has 144 valence electrons. The number of aromatic nitrogens is 4. The maximum Gasteiger partial charge on any atom is 0.434 e. The molecule has 2 aromatic heterocycles. The number of nitrogens with zero attached hydrogens (tertiary/aromatic N) is 4. The van der Waals surface area contributed by atoms with Crippen LogP contribution in [0, 0.1) is 5.82 Å². The van der Waals surface area contributed by atoms with Crippen molar-refractivity contribution in [2.45, 2.75) is 31.0 Å². The number of hydrogen-bond donors (Lipinski definition) is 1. The minimum Gasteiger partial charge on any atom is -0.334 e. The van der Waals surface area contributed by atoms with Crippen molar-refractivity contribution in [3.8, 4) is 17.1 Å². The van der Waals surface area contributed by atoms with Gasteiger partial charge in [-0.15, -0.1) is 12.4 Å². The molecule has 0 radical (unpaired) electrons. The van der Waals surface area contributed by atoms with Gasteiger partial charge in [0.25, 0.3) is 5.89 Å². The van der Waals surface area contributed by atoms with Gasteiger partial charge in [-0.05, 0) is 43.5 Å². The molecule has 1 saturated carbocycles. The Morgan fingerprint density at radius 1 is 1.15 bits per heavy atom. The summed E-state index contributed by atoms with van der Waals surface area (Å²) in [6.07, 6.45) is -1.56. The highest BCUT2D eigenvalue weighted by Gasteiger charge is 2.42. The Hall–Kier alpha value is -2.46. The smallest absolute Gasteiger partial charge is 0.334 e. The highest BCUT2D eigenvalue weighted by molar-refractivity contribution is 5.85. The van der Waals surface area contributed by atoms with Crippen molar-refractivity contribution in [2.24, 2.45) is 5.73 Å². The van der Waals surface area contributed by atoms with Crippen LogP contribution < -0.4 is 5.73 Å². The molecule has 6 nitrogen and oxygen atoms in total. The predicted octanol–water partition coefficient (Wildman–Crippen LogP) is 3.84. The average molecular weight is 404 g/mol. The molecule has 0 atom stereocenters. The third-order valence-corrected chi connectivity index (χ3v) is 4.46. The molecule has 2 N–H and O–H groups in total. The summed E-state index contributed by atoms with van der Waals surface area (Å²) in [6, 6.07) is 4.50. The molecule has 1 aromatic carbocycles. The molecule has 1 aliphatic rings. The van der Waals surface area contributed by atoms with E-state index in [0.29, 0.717) is 17.5 Å². The summed E-state index contributed by atoms with van der Waals surface area (Å²) in [5.41, 5.74) is 3.94. The van der Waals surface area contributed by atoms with E-state index in [4.69, 9.17) is 10.3 Å². The predicted molar refractivity (Wildman–Crippen MR) is 88.8 cm³/mol. The number of nitrogens with two attached hydrogens (primary N) is 1. The van der Waals surface area contributed by atoms with Crippen molar-refractivity contribution in [1.29, 1.82) is 0 Å². The maximum atomic E-state index is 13.7. The van der Waals surface area contributed by atoms with E-state index < -0.39 is 23.2 Å². The summed E-state index contributed by atoms with van der Waals surface area (Å²) < 4.78 is 59.7. The van der Waals surface area contributed by atoms with Crippen LogP contribution >= 0.6 is 12.4 Å². The van der Waals surface area contributed by atoms with E-state index in [9.17, 15) is 17.6 Å². The largest absolute Gasteiger partial charge is 0.434 e. The average Bonchev–Trinajstić information content (AvgIpc) is 3.19. The highest BCUT2D eigenvalue weighted by Crippen LogP contribution is 2.40. The molecule has 0 saturated heterocycles. The van der Waals surface area contributed by atoms with Crippen LogP contribution in [0.2, 0.25) is 0 Å². The van der Waals surface area contributed by atoms with Gasteiger partial charge in [0.15, 0.2) is 11.5 Å². The lowest BCUT2D eigenvalue weighted by molar-refractivity contribution is -0.142. The Balaban J connectivity index is 0.00000210. The van der Waals surface area contributed by atoms with Gasteiger partial charge in [-0.2, -0.15) is 23.3 Å². The summed E-state index contributed by atoms with van der Waals surface area (Å²) in [4.78, 5) is 4.05. The minimum atomic E-state index is -4.74. The summed E-state index contributed by atoms with van der Waals surface area (Å²) in [7, 11) is 0. The van der Waals surface area contributed by atoms with Gasteiger partial charge in [-0.3, -0.25) is 0 Å². The molecule has 0 spiro atoms. The summed E-state index contributed by atoms with van der Waals surface area (Å²) in [6.45, 7) is 0. The standard InChI is InChI=1S/C16H13F4N5O.ClH/c17-9-2-4-10(5-3-9)25-12(16(18,19)20)11(8-22-25)13-23-14(24-26-13)15(21)6-1-7-15;/h2-5,8H,1,6-7,21H2;1H. The number of halogens is 5. The van der Waals surface area contributed by atoms with Crippen LogP contribution in [0.3, 0.4) is 0 Å². The number of alkyl halides is 3. The molecule has 0 bridgehead atoms. The lowest BCUT2D eigenvalue weighted by atomic mass is 9.77. The zero-order valence-corrected chi connectivity index (χ0v) is 14.5. The second kappa shape index (κ2) is 6.61. The van der Waals surface area contributed by atoms with Crippen LogP contribution in [-0.4, -0.2) is 19.9 Å². The van der Waals surface area contributed by atoms with Gasteiger partial charge in [-0.25, -0.2) is 9.07 Å².